The minimum Gasteiger partial charge on any atom is -0.339 e. The Hall–Kier alpha value is -3.69. The third-order valence-corrected chi connectivity index (χ3v) is 4.41. The molecule has 0 radical (unpaired) electrons. The Labute approximate surface area is 182 Å². The van der Waals surface area contributed by atoms with Crippen molar-refractivity contribution in [3.05, 3.63) is 71.4 Å². The van der Waals surface area contributed by atoms with Gasteiger partial charge in [0, 0.05) is 36.2 Å². The molecule has 0 fully saturated rings. The second kappa shape index (κ2) is 10.1. The van der Waals surface area contributed by atoms with Gasteiger partial charge in [0.2, 0.25) is 11.8 Å². The summed E-state index contributed by atoms with van der Waals surface area (Å²) in [5.74, 6) is 0.0608. The number of amides is 2. The number of nitrogens with zero attached hydrogens (tertiary/aromatic N) is 2. The van der Waals surface area contributed by atoms with Crippen LogP contribution in [0.3, 0.4) is 0 Å². The third kappa shape index (κ3) is 6.40. The van der Waals surface area contributed by atoms with Gasteiger partial charge in [0.15, 0.2) is 5.82 Å². The molecule has 3 aromatic rings. The molecule has 0 atom stereocenters. The highest BCUT2D eigenvalue weighted by Crippen LogP contribution is 2.30. The van der Waals surface area contributed by atoms with Crippen LogP contribution in [0.1, 0.15) is 47.4 Å². The number of anilines is 2. The lowest BCUT2D eigenvalue weighted by molar-refractivity contribution is -0.137. The van der Waals surface area contributed by atoms with E-state index in [1.54, 1.807) is 12.1 Å². The van der Waals surface area contributed by atoms with Crippen LogP contribution in [0.25, 0.3) is 0 Å². The van der Waals surface area contributed by atoms with Crippen LogP contribution in [0, 0.1) is 0 Å². The number of rotatable bonds is 8. The molecule has 10 heteroatoms. The van der Waals surface area contributed by atoms with Crippen molar-refractivity contribution < 1.29 is 27.3 Å². The zero-order chi connectivity index (χ0) is 23.1. The molecule has 0 aliphatic carbocycles. The molecule has 2 N–H and O–H groups in total. The van der Waals surface area contributed by atoms with Gasteiger partial charge in [-0.1, -0.05) is 24.2 Å². The van der Waals surface area contributed by atoms with E-state index in [4.69, 9.17) is 4.52 Å². The van der Waals surface area contributed by atoms with Gasteiger partial charge in [-0.05, 0) is 42.8 Å². The Balaban J connectivity index is 1.58. The Kier molecular flexibility index (Phi) is 7.24. The van der Waals surface area contributed by atoms with Crippen LogP contribution in [0.5, 0.6) is 0 Å². The van der Waals surface area contributed by atoms with Crippen LogP contribution >= 0.6 is 0 Å². The molecule has 0 bridgehead atoms. The lowest BCUT2D eigenvalue weighted by atomic mass is 10.1. The quantitative estimate of drug-likeness (QED) is 0.515. The third-order valence-electron chi connectivity index (χ3n) is 4.41. The Morgan fingerprint density at radius 2 is 1.72 bits per heavy atom. The maximum atomic E-state index is 12.8. The summed E-state index contributed by atoms with van der Waals surface area (Å²) in [5, 5.41) is 8.93. The molecule has 1 aromatic heterocycles. The molecule has 7 nitrogen and oxygen atoms in total. The van der Waals surface area contributed by atoms with Crippen molar-refractivity contribution in [3.63, 3.8) is 0 Å². The van der Waals surface area contributed by atoms with Crippen molar-refractivity contribution in [3.8, 4) is 0 Å². The number of alkyl halides is 3. The maximum absolute atomic E-state index is 12.8. The van der Waals surface area contributed by atoms with Crippen molar-refractivity contribution in [2.24, 2.45) is 0 Å². The van der Waals surface area contributed by atoms with Crippen molar-refractivity contribution in [2.45, 2.75) is 38.8 Å². The lowest BCUT2D eigenvalue weighted by Gasteiger charge is -2.11. The highest BCUT2D eigenvalue weighted by Gasteiger charge is 2.30. The maximum Gasteiger partial charge on any atom is 0.416 e. The van der Waals surface area contributed by atoms with E-state index in [0.29, 0.717) is 23.8 Å². The average Bonchev–Trinajstić information content (AvgIpc) is 3.20. The first-order valence-corrected chi connectivity index (χ1v) is 9.94. The van der Waals surface area contributed by atoms with E-state index in [9.17, 15) is 22.8 Å². The van der Waals surface area contributed by atoms with Crippen molar-refractivity contribution >= 4 is 23.2 Å². The second-order valence-electron chi connectivity index (χ2n) is 7.02. The molecule has 0 saturated carbocycles. The van der Waals surface area contributed by atoms with Crippen LogP contribution < -0.4 is 10.6 Å². The normalized spacial score (nSPS) is 11.2. The molecule has 32 heavy (non-hydrogen) atoms. The molecule has 2 aromatic carbocycles. The number of aromatic nitrogens is 2. The van der Waals surface area contributed by atoms with E-state index < -0.39 is 17.6 Å². The van der Waals surface area contributed by atoms with Gasteiger partial charge >= 0.3 is 6.18 Å². The first-order valence-electron chi connectivity index (χ1n) is 9.94. The van der Waals surface area contributed by atoms with E-state index in [2.05, 4.69) is 20.8 Å². The Morgan fingerprint density at radius 1 is 1.00 bits per heavy atom. The molecule has 0 saturated heterocycles. The zero-order valence-corrected chi connectivity index (χ0v) is 17.2. The summed E-state index contributed by atoms with van der Waals surface area (Å²) in [6.45, 7) is 2.00. The van der Waals surface area contributed by atoms with Gasteiger partial charge in [-0.25, -0.2) is 0 Å². The summed E-state index contributed by atoms with van der Waals surface area (Å²) in [6, 6.07) is 10.4. The van der Waals surface area contributed by atoms with Gasteiger partial charge in [-0.3, -0.25) is 9.59 Å². The number of hydrogen-bond donors (Lipinski definition) is 2. The monoisotopic (exact) mass is 446 g/mol. The lowest BCUT2D eigenvalue weighted by Crippen LogP contribution is -2.15. The molecule has 0 aliphatic heterocycles. The topological polar surface area (TPSA) is 97.1 Å². The summed E-state index contributed by atoms with van der Waals surface area (Å²) in [5.41, 5.74) is -0.286. The Morgan fingerprint density at radius 3 is 2.44 bits per heavy atom. The Bertz CT molecular complexity index is 1100. The van der Waals surface area contributed by atoms with Crippen molar-refractivity contribution in [1.82, 2.24) is 10.1 Å². The van der Waals surface area contributed by atoms with Gasteiger partial charge in [0.05, 0.1) is 5.56 Å². The highest BCUT2D eigenvalue weighted by atomic mass is 19.4. The van der Waals surface area contributed by atoms with Gasteiger partial charge in [-0.15, -0.1) is 0 Å². The first kappa shape index (κ1) is 23.0. The molecular weight excluding hydrogens is 425 g/mol. The fraction of sp³-hybridized carbons (Fsp3) is 0.273. The zero-order valence-electron chi connectivity index (χ0n) is 17.2. The smallest absolute Gasteiger partial charge is 0.339 e. The summed E-state index contributed by atoms with van der Waals surface area (Å²) in [4.78, 5) is 28.9. The molecule has 168 valence electrons. The van der Waals surface area contributed by atoms with E-state index in [1.165, 1.54) is 24.3 Å². The predicted octanol–water partition coefficient (Wildman–Crippen LogP) is 4.86. The number of halogens is 3. The molecular formula is C22H21F3N4O3. The highest BCUT2D eigenvalue weighted by molar-refractivity contribution is 6.05. The van der Waals surface area contributed by atoms with Crippen LogP contribution in [-0.2, 0) is 23.8 Å². The van der Waals surface area contributed by atoms with Gasteiger partial charge in [0.1, 0.15) is 0 Å². The number of aryl methyl sites for hydroxylation is 2. The van der Waals surface area contributed by atoms with Crippen LogP contribution in [-0.4, -0.2) is 22.0 Å². The number of nitrogens with one attached hydrogen (secondary N) is 2. The van der Waals surface area contributed by atoms with E-state index in [0.717, 1.165) is 18.6 Å². The van der Waals surface area contributed by atoms with Gasteiger partial charge in [0.25, 0.3) is 5.91 Å². The summed E-state index contributed by atoms with van der Waals surface area (Å²) < 4.78 is 43.6. The minimum absolute atomic E-state index is 0.0151. The average molecular weight is 446 g/mol. The molecule has 0 aliphatic rings. The van der Waals surface area contributed by atoms with E-state index in [1.807, 2.05) is 6.92 Å². The standard InChI is InChI=1S/C22H21F3N4O3/c1-2-5-18-28-20(32-29-18)11-10-19(30)26-16-8-3-6-14(12-16)21(31)27-17-9-4-7-15(13-17)22(23,24)25/h3-4,6-9,12-13H,2,5,10-11H2,1H3,(H,26,30)(H,27,31). The van der Waals surface area contributed by atoms with Gasteiger partial charge in [-0.2, -0.15) is 18.2 Å². The summed E-state index contributed by atoms with van der Waals surface area (Å²) >= 11 is 0. The van der Waals surface area contributed by atoms with Crippen molar-refractivity contribution in [1.29, 1.82) is 0 Å². The number of carbonyl (C=O) groups is 2. The second-order valence-corrected chi connectivity index (χ2v) is 7.02. The summed E-state index contributed by atoms with van der Waals surface area (Å²) in [6.07, 6.45) is -2.54. The molecule has 1 heterocycles. The summed E-state index contributed by atoms with van der Waals surface area (Å²) in [7, 11) is 0. The molecule has 2 amide bonds. The number of benzene rings is 2. The van der Waals surface area contributed by atoms with Crippen LogP contribution in [0.15, 0.2) is 53.1 Å². The first-order chi connectivity index (χ1) is 15.2. The fourth-order valence-electron chi connectivity index (χ4n) is 2.88. The predicted molar refractivity (Wildman–Crippen MR) is 111 cm³/mol. The largest absolute Gasteiger partial charge is 0.416 e. The van der Waals surface area contributed by atoms with Gasteiger partial charge < -0.3 is 15.2 Å². The molecule has 3 rings (SSSR count). The number of carbonyl (C=O) groups excluding carboxylic acids is 2. The van der Waals surface area contributed by atoms with Crippen LogP contribution in [0.4, 0.5) is 24.5 Å². The molecule has 0 spiro atoms. The van der Waals surface area contributed by atoms with Crippen molar-refractivity contribution in [2.75, 3.05) is 10.6 Å². The van der Waals surface area contributed by atoms with E-state index >= 15 is 0 Å². The van der Waals surface area contributed by atoms with Crippen LogP contribution in [0.2, 0.25) is 0 Å². The fourth-order valence-corrected chi connectivity index (χ4v) is 2.88. The molecule has 0 unspecified atom stereocenters. The SMILES string of the molecule is CCCc1noc(CCC(=O)Nc2cccc(C(=O)Nc3cccc(C(F)(F)F)c3)c2)n1. The van der Waals surface area contributed by atoms with E-state index in [-0.39, 0.29) is 30.0 Å². The minimum atomic E-state index is -4.51. The number of hydrogen-bond acceptors (Lipinski definition) is 5.